The Morgan fingerprint density at radius 2 is 1.05 bits per heavy atom. The zero-order valence-corrected chi connectivity index (χ0v) is 24.4. The molecule has 4 rings (SSSR count). The highest BCUT2D eigenvalue weighted by Gasteiger charge is 2.31. The van der Waals surface area contributed by atoms with Crippen LogP contribution in [0.5, 0.6) is 0 Å². The van der Waals surface area contributed by atoms with Crippen LogP contribution >= 0.6 is 0 Å². The van der Waals surface area contributed by atoms with Gasteiger partial charge in [-0.2, -0.15) is 0 Å². The number of amides is 3. The maximum Gasteiger partial charge on any atom is 0.290 e. The number of aldehydes is 1. The molecule has 4 aromatic carbocycles. The lowest BCUT2D eigenvalue weighted by Crippen LogP contribution is -2.55. The highest BCUT2D eigenvalue weighted by atomic mass is 16.2. The second-order valence-electron chi connectivity index (χ2n) is 10.5. The van der Waals surface area contributed by atoms with Crippen molar-refractivity contribution in [3.63, 3.8) is 0 Å². The largest absolute Gasteiger partial charge is 0.344 e. The van der Waals surface area contributed by atoms with E-state index in [4.69, 9.17) is 0 Å². The van der Waals surface area contributed by atoms with Crippen molar-refractivity contribution < 1.29 is 24.0 Å². The Bertz CT molecular complexity index is 1510. The van der Waals surface area contributed by atoms with Gasteiger partial charge in [0.1, 0.15) is 12.3 Å². The molecule has 0 aromatic heterocycles. The minimum Gasteiger partial charge on any atom is -0.344 e. The summed E-state index contributed by atoms with van der Waals surface area (Å²) in [7, 11) is 0. The summed E-state index contributed by atoms with van der Waals surface area (Å²) in [4.78, 5) is 64.7. The summed E-state index contributed by atoms with van der Waals surface area (Å²) in [5.41, 5.74) is 3.14. The molecule has 0 radical (unpaired) electrons. The minimum absolute atomic E-state index is 0.159. The Kier molecular flexibility index (Phi) is 11.3. The first kappa shape index (κ1) is 31.6. The Morgan fingerprint density at radius 3 is 1.52 bits per heavy atom. The molecule has 0 bridgehead atoms. The topological polar surface area (TPSA) is 121 Å². The number of benzene rings is 4. The third-order valence-corrected chi connectivity index (χ3v) is 7.20. The van der Waals surface area contributed by atoms with Gasteiger partial charge in [0.05, 0.1) is 18.0 Å². The summed E-state index contributed by atoms with van der Waals surface area (Å²) in [6.45, 7) is 1.39. The van der Waals surface area contributed by atoms with Crippen LogP contribution in [-0.2, 0) is 36.8 Å². The summed E-state index contributed by atoms with van der Waals surface area (Å²) in [5, 5.41) is 7.93. The van der Waals surface area contributed by atoms with Gasteiger partial charge in [0.25, 0.3) is 5.91 Å². The zero-order chi connectivity index (χ0) is 31.3. The van der Waals surface area contributed by atoms with E-state index in [1.54, 1.807) is 0 Å². The Balaban J connectivity index is 1.48. The fraction of sp³-hybridized carbons (Fsp3) is 0.194. The summed E-state index contributed by atoms with van der Waals surface area (Å²) in [6, 6.07) is 33.7. The van der Waals surface area contributed by atoms with Gasteiger partial charge < -0.3 is 20.7 Å². The fourth-order valence-corrected chi connectivity index (χ4v) is 4.92. The molecule has 0 spiro atoms. The smallest absolute Gasteiger partial charge is 0.290 e. The van der Waals surface area contributed by atoms with Gasteiger partial charge in [-0.1, -0.05) is 121 Å². The van der Waals surface area contributed by atoms with Crippen molar-refractivity contribution in [1.82, 2.24) is 16.0 Å². The highest BCUT2D eigenvalue weighted by Crippen LogP contribution is 2.25. The number of carbonyl (C=O) groups is 5. The third kappa shape index (κ3) is 8.82. The average Bonchev–Trinajstić information content (AvgIpc) is 3.05. The van der Waals surface area contributed by atoms with E-state index in [2.05, 4.69) is 16.0 Å². The number of hydrogen-bond acceptors (Lipinski definition) is 5. The van der Waals surface area contributed by atoms with Crippen molar-refractivity contribution in [1.29, 1.82) is 0 Å². The molecule has 44 heavy (non-hydrogen) atoms. The number of Topliss-reactive ketones (excluding diaryl/α,β-unsaturated/α-hetero) is 1. The van der Waals surface area contributed by atoms with Gasteiger partial charge in [0.15, 0.2) is 0 Å². The molecule has 0 fully saturated rings. The molecule has 8 nitrogen and oxygen atoms in total. The van der Waals surface area contributed by atoms with Crippen LogP contribution in [0.15, 0.2) is 121 Å². The minimum atomic E-state index is -1.21. The quantitative estimate of drug-likeness (QED) is 0.154. The molecule has 0 aliphatic heterocycles. The Labute approximate surface area is 256 Å². The van der Waals surface area contributed by atoms with Crippen molar-refractivity contribution in [3.8, 4) is 0 Å². The monoisotopic (exact) mass is 589 g/mol. The first-order valence-electron chi connectivity index (χ1n) is 14.4. The van der Waals surface area contributed by atoms with Gasteiger partial charge in [-0.25, -0.2) is 0 Å². The Morgan fingerprint density at radius 1 is 0.591 bits per heavy atom. The van der Waals surface area contributed by atoms with E-state index in [1.807, 2.05) is 121 Å². The van der Waals surface area contributed by atoms with Crippen molar-refractivity contribution >= 4 is 29.8 Å². The van der Waals surface area contributed by atoms with Gasteiger partial charge in [0.2, 0.25) is 17.6 Å². The van der Waals surface area contributed by atoms with E-state index < -0.39 is 41.6 Å². The standard InChI is InChI=1S/C36H35N3O5/c1-25(33(41)36(44)38-30(24-40)22-26-14-6-2-7-15-26)37-34(42)31(23-27-16-8-3-9-17-27)39-35(43)32(28-18-10-4-11-19-28)29-20-12-5-13-21-29/h2-21,24-25,30-32H,22-23H2,1H3,(H,37,42)(H,38,44)(H,39,43)/t25?,30-,31-/m0/s1. The van der Waals surface area contributed by atoms with Crippen LogP contribution in [0, 0.1) is 0 Å². The second kappa shape index (κ2) is 15.7. The molecule has 8 heteroatoms. The zero-order valence-electron chi connectivity index (χ0n) is 24.4. The molecule has 3 amide bonds. The number of ketones is 1. The first-order chi connectivity index (χ1) is 21.4. The summed E-state index contributed by atoms with van der Waals surface area (Å²) in [6.07, 6.45) is 0.953. The highest BCUT2D eigenvalue weighted by molar-refractivity contribution is 6.38. The second-order valence-corrected chi connectivity index (χ2v) is 10.5. The number of carbonyl (C=O) groups excluding carboxylic acids is 5. The lowest BCUT2D eigenvalue weighted by Gasteiger charge is -2.24. The normalized spacial score (nSPS) is 12.8. The molecule has 0 heterocycles. The molecule has 0 saturated carbocycles. The van der Waals surface area contributed by atoms with Gasteiger partial charge in [-0.05, 0) is 35.6 Å². The number of rotatable bonds is 14. The van der Waals surface area contributed by atoms with Crippen LogP contribution in [0.4, 0.5) is 0 Å². The van der Waals surface area contributed by atoms with Gasteiger partial charge in [-0.15, -0.1) is 0 Å². The van der Waals surface area contributed by atoms with Crippen molar-refractivity contribution in [2.24, 2.45) is 0 Å². The van der Waals surface area contributed by atoms with Gasteiger partial charge >= 0.3 is 0 Å². The molecule has 0 aliphatic rings. The van der Waals surface area contributed by atoms with Crippen molar-refractivity contribution in [3.05, 3.63) is 144 Å². The predicted octanol–water partition coefficient (Wildman–Crippen LogP) is 3.55. The van der Waals surface area contributed by atoms with E-state index in [0.29, 0.717) is 6.29 Å². The van der Waals surface area contributed by atoms with Crippen LogP contribution in [0.2, 0.25) is 0 Å². The third-order valence-electron chi connectivity index (χ3n) is 7.20. The van der Waals surface area contributed by atoms with Crippen LogP contribution in [0.1, 0.15) is 35.1 Å². The molecule has 0 aliphatic carbocycles. The SMILES string of the molecule is CC(NC(=O)[C@H](Cc1ccccc1)NC(=O)C(c1ccccc1)c1ccccc1)C(=O)C(=O)N[C@H](C=O)Cc1ccccc1. The van der Waals surface area contributed by atoms with Crippen LogP contribution in [0.3, 0.4) is 0 Å². The van der Waals surface area contributed by atoms with E-state index in [0.717, 1.165) is 22.3 Å². The van der Waals surface area contributed by atoms with Crippen molar-refractivity contribution in [2.75, 3.05) is 0 Å². The average molecular weight is 590 g/mol. The lowest BCUT2D eigenvalue weighted by atomic mass is 9.90. The molecule has 4 aromatic rings. The number of hydrogen-bond donors (Lipinski definition) is 3. The predicted molar refractivity (Wildman–Crippen MR) is 168 cm³/mol. The van der Waals surface area contributed by atoms with Crippen LogP contribution < -0.4 is 16.0 Å². The molecular formula is C36H35N3O5. The van der Waals surface area contributed by atoms with Gasteiger partial charge in [0, 0.05) is 6.42 Å². The molecule has 3 N–H and O–H groups in total. The maximum atomic E-state index is 13.8. The molecule has 1 unspecified atom stereocenters. The van der Waals surface area contributed by atoms with Crippen molar-refractivity contribution in [2.45, 2.75) is 43.8 Å². The summed E-state index contributed by atoms with van der Waals surface area (Å²) < 4.78 is 0. The van der Waals surface area contributed by atoms with E-state index >= 15 is 0 Å². The maximum absolute atomic E-state index is 13.8. The lowest BCUT2D eigenvalue weighted by molar-refractivity contribution is -0.140. The molecular weight excluding hydrogens is 554 g/mol. The van der Waals surface area contributed by atoms with E-state index in [9.17, 15) is 24.0 Å². The van der Waals surface area contributed by atoms with Gasteiger partial charge in [-0.3, -0.25) is 19.2 Å². The van der Waals surface area contributed by atoms with E-state index in [-0.39, 0.29) is 18.7 Å². The fourth-order valence-electron chi connectivity index (χ4n) is 4.92. The molecule has 0 saturated heterocycles. The van der Waals surface area contributed by atoms with E-state index in [1.165, 1.54) is 6.92 Å². The van der Waals surface area contributed by atoms with Crippen LogP contribution in [0.25, 0.3) is 0 Å². The Hall–Kier alpha value is -5.37. The summed E-state index contributed by atoms with van der Waals surface area (Å²) in [5.74, 6) is -3.58. The first-order valence-corrected chi connectivity index (χ1v) is 14.4. The summed E-state index contributed by atoms with van der Waals surface area (Å²) >= 11 is 0. The van der Waals surface area contributed by atoms with Crippen LogP contribution in [-0.4, -0.2) is 47.9 Å². The molecule has 3 atom stereocenters. The number of nitrogens with one attached hydrogen (secondary N) is 3. The molecule has 224 valence electrons.